The number of fused-ring (bicyclic) bond motifs is 1. The van der Waals surface area contributed by atoms with Crippen molar-refractivity contribution in [2.24, 2.45) is 0 Å². The molecule has 1 atom stereocenters. The van der Waals surface area contributed by atoms with E-state index in [-0.39, 0.29) is 23.9 Å². The van der Waals surface area contributed by atoms with Crippen molar-refractivity contribution in [2.45, 2.75) is 25.9 Å². The summed E-state index contributed by atoms with van der Waals surface area (Å²) < 4.78 is 1.62. The molecule has 1 saturated heterocycles. The Balaban J connectivity index is 1.61. The molecule has 2 heterocycles. The lowest BCUT2D eigenvalue weighted by molar-refractivity contribution is -0.135. The average molecular weight is 376 g/mol. The Morgan fingerprint density at radius 2 is 1.96 bits per heavy atom. The second-order valence-electron chi connectivity index (χ2n) is 7.09. The van der Waals surface area contributed by atoms with Gasteiger partial charge in [-0.1, -0.05) is 43.3 Å². The fraction of sp³-hybridized carbons (Fsp3) is 0.318. The molecule has 1 fully saturated rings. The summed E-state index contributed by atoms with van der Waals surface area (Å²) in [4.78, 5) is 27.1. The lowest BCUT2D eigenvalue weighted by Crippen LogP contribution is -2.49. The first-order chi connectivity index (χ1) is 13.7. The summed E-state index contributed by atoms with van der Waals surface area (Å²) in [5, 5.41) is 8.17. The smallest absolute Gasteiger partial charge is 0.244 e. The van der Waals surface area contributed by atoms with E-state index in [0.29, 0.717) is 17.4 Å². The Labute approximate surface area is 163 Å². The van der Waals surface area contributed by atoms with Gasteiger partial charge in [-0.2, -0.15) is 5.10 Å². The average Bonchev–Trinajstić information content (AvgIpc) is 2.76. The molecular formula is C22H24N4O2. The van der Waals surface area contributed by atoms with Gasteiger partial charge in [0, 0.05) is 25.0 Å². The van der Waals surface area contributed by atoms with Gasteiger partial charge in [0.15, 0.2) is 0 Å². The van der Waals surface area contributed by atoms with Crippen molar-refractivity contribution < 1.29 is 4.79 Å². The maximum atomic E-state index is 13.2. The normalized spacial score (nSPS) is 17.0. The summed E-state index contributed by atoms with van der Waals surface area (Å²) in [6.45, 7) is 4.40. The van der Waals surface area contributed by atoms with E-state index in [1.165, 1.54) is 11.8 Å². The molecule has 0 radical (unpaired) electrons. The monoisotopic (exact) mass is 376 g/mol. The van der Waals surface area contributed by atoms with E-state index in [9.17, 15) is 9.59 Å². The predicted octanol–water partition coefficient (Wildman–Crippen LogP) is 2.13. The summed E-state index contributed by atoms with van der Waals surface area (Å²) >= 11 is 0. The van der Waals surface area contributed by atoms with Crippen LogP contribution in [-0.4, -0.2) is 40.2 Å². The Kier molecular flexibility index (Phi) is 5.21. The molecule has 1 N–H and O–H groups in total. The molecule has 1 aliphatic rings. The summed E-state index contributed by atoms with van der Waals surface area (Å²) in [5.74, 6) is 0.00682. The third-order valence-electron chi connectivity index (χ3n) is 5.38. The maximum Gasteiger partial charge on any atom is 0.244 e. The fourth-order valence-corrected chi connectivity index (χ4v) is 3.78. The quantitative estimate of drug-likeness (QED) is 0.758. The van der Waals surface area contributed by atoms with Gasteiger partial charge in [0.1, 0.15) is 6.54 Å². The predicted molar refractivity (Wildman–Crippen MR) is 109 cm³/mol. The van der Waals surface area contributed by atoms with Gasteiger partial charge in [-0.15, -0.1) is 0 Å². The molecule has 0 saturated carbocycles. The van der Waals surface area contributed by atoms with Crippen molar-refractivity contribution in [1.29, 1.82) is 0 Å². The molecule has 1 amide bonds. The van der Waals surface area contributed by atoms with Gasteiger partial charge in [0.25, 0.3) is 0 Å². The number of carbonyl (C=O) groups is 1. The van der Waals surface area contributed by atoms with E-state index in [1.54, 1.807) is 10.7 Å². The van der Waals surface area contributed by atoms with E-state index >= 15 is 0 Å². The van der Waals surface area contributed by atoms with Crippen LogP contribution in [0.5, 0.6) is 0 Å². The molecule has 6 nitrogen and oxygen atoms in total. The zero-order valence-electron chi connectivity index (χ0n) is 16.0. The van der Waals surface area contributed by atoms with Crippen LogP contribution < -0.4 is 10.7 Å². The first-order valence-electron chi connectivity index (χ1n) is 9.71. The van der Waals surface area contributed by atoms with Crippen LogP contribution in [0.4, 0.5) is 0 Å². The van der Waals surface area contributed by atoms with E-state index in [0.717, 1.165) is 25.1 Å². The number of para-hydroxylation sites is 1. The summed E-state index contributed by atoms with van der Waals surface area (Å²) in [7, 11) is 0. The second-order valence-corrected chi connectivity index (χ2v) is 7.09. The van der Waals surface area contributed by atoms with Crippen molar-refractivity contribution in [3.63, 3.8) is 0 Å². The first-order valence-corrected chi connectivity index (χ1v) is 9.71. The van der Waals surface area contributed by atoms with E-state index in [4.69, 9.17) is 0 Å². The number of benzene rings is 2. The Morgan fingerprint density at radius 1 is 1.18 bits per heavy atom. The van der Waals surface area contributed by atoms with Crippen LogP contribution in [0, 0.1) is 0 Å². The minimum absolute atomic E-state index is 0.00204. The molecule has 2 aromatic carbocycles. The maximum absolute atomic E-state index is 13.2. The standard InChI is InChI=1S/C22H24N4O2/c1-2-16-7-9-17(10-8-16)20-13-23-11-12-25(20)22(28)15-26-19-6-4-3-5-18(19)21(27)14-24-26/h3-10,14,20,23H,2,11-13,15H2,1H3. The molecule has 0 bridgehead atoms. The minimum Gasteiger partial charge on any atom is -0.331 e. The number of aryl methyl sites for hydroxylation is 1. The van der Waals surface area contributed by atoms with E-state index in [1.807, 2.05) is 23.1 Å². The minimum atomic E-state index is -0.129. The van der Waals surface area contributed by atoms with Crippen LogP contribution in [-0.2, 0) is 17.8 Å². The second kappa shape index (κ2) is 7.94. The molecule has 3 aromatic rings. The third-order valence-corrected chi connectivity index (χ3v) is 5.38. The zero-order chi connectivity index (χ0) is 19.5. The lowest BCUT2D eigenvalue weighted by atomic mass is 10.0. The number of rotatable bonds is 4. The van der Waals surface area contributed by atoms with Crippen molar-refractivity contribution in [2.75, 3.05) is 19.6 Å². The molecule has 0 aliphatic carbocycles. The Morgan fingerprint density at radius 3 is 2.75 bits per heavy atom. The van der Waals surface area contributed by atoms with Crippen molar-refractivity contribution in [3.8, 4) is 0 Å². The highest BCUT2D eigenvalue weighted by Gasteiger charge is 2.28. The zero-order valence-corrected chi connectivity index (χ0v) is 16.0. The van der Waals surface area contributed by atoms with Crippen LogP contribution in [0.15, 0.2) is 59.5 Å². The number of aromatic nitrogens is 2. The van der Waals surface area contributed by atoms with Gasteiger partial charge in [0.05, 0.1) is 17.8 Å². The molecular weight excluding hydrogens is 352 g/mol. The highest BCUT2D eigenvalue weighted by molar-refractivity contribution is 5.81. The lowest BCUT2D eigenvalue weighted by Gasteiger charge is -2.36. The molecule has 1 aromatic heterocycles. The molecule has 4 rings (SSSR count). The van der Waals surface area contributed by atoms with Crippen LogP contribution in [0.2, 0.25) is 0 Å². The Bertz CT molecular complexity index is 1040. The number of nitrogens with one attached hydrogen (secondary N) is 1. The van der Waals surface area contributed by atoms with Crippen molar-refractivity contribution in [1.82, 2.24) is 20.0 Å². The van der Waals surface area contributed by atoms with E-state index in [2.05, 4.69) is 41.6 Å². The van der Waals surface area contributed by atoms with Gasteiger partial charge in [-0.25, -0.2) is 0 Å². The number of piperazine rings is 1. The van der Waals surface area contributed by atoms with Gasteiger partial charge in [-0.05, 0) is 29.7 Å². The number of amides is 1. The van der Waals surface area contributed by atoms with Crippen molar-refractivity contribution >= 4 is 16.8 Å². The van der Waals surface area contributed by atoms with Gasteiger partial charge >= 0.3 is 0 Å². The molecule has 6 heteroatoms. The molecule has 144 valence electrons. The Hall–Kier alpha value is -2.99. The molecule has 0 spiro atoms. The summed E-state index contributed by atoms with van der Waals surface area (Å²) in [5.41, 5.74) is 2.97. The van der Waals surface area contributed by atoms with Gasteiger partial charge < -0.3 is 10.2 Å². The SMILES string of the molecule is CCc1ccc(C2CNCCN2C(=O)Cn2ncc(=O)c3ccccc32)cc1. The van der Waals surface area contributed by atoms with Crippen molar-refractivity contribution in [3.05, 3.63) is 76.1 Å². The fourth-order valence-electron chi connectivity index (χ4n) is 3.78. The summed E-state index contributed by atoms with van der Waals surface area (Å²) in [6.07, 6.45) is 2.28. The number of hydrogen-bond donors (Lipinski definition) is 1. The van der Waals surface area contributed by atoms with Crippen LogP contribution in [0.3, 0.4) is 0 Å². The summed E-state index contributed by atoms with van der Waals surface area (Å²) in [6, 6.07) is 15.8. The van der Waals surface area contributed by atoms with Gasteiger partial charge in [0.2, 0.25) is 11.3 Å². The van der Waals surface area contributed by atoms with Crippen LogP contribution in [0.1, 0.15) is 24.1 Å². The van der Waals surface area contributed by atoms with E-state index < -0.39 is 0 Å². The molecule has 1 aliphatic heterocycles. The topological polar surface area (TPSA) is 67.2 Å². The van der Waals surface area contributed by atoms with Crippen LogP contribution in [0.25, 0.3) is 10.9 Å². The molecule has 28 heavy (non-hydrogen) atoms. The highest BCUT2D eigenvalue weighted by Crippen LogP contribution is 2.23. The number of nitrogens with zero attached hydrogens (tertiary/aromatic N) is 3. The largest absolute Gasteiger partial charge is 0.331 e. The molecule has 1 unspecified atom stereocenters. The highest BCUT2D eigenvalue weighted by atomic mass is 16.2. The number of hydrogen-bond acceptors (Lipinski definition) is 4. The number of carbonyl (C=O) groups excluding carboxylic acids is 1. The van der Waals surface area contributed by atoms with Gasteiger partial charge in [-0.3, -0.25) is 14.3 Å². The van der Waals surface area contributed by atoms with Crippen LogP contribution >= 0.6 is 0 Å². The first kappa shape index (κ1) is 18.4. The third kappa shape index (κ3) is 3.55.